The molecule has 4 aromatic carbocycles. The Labute approximate surface area is 180 Å². The van der Waals surface area contributed by atoms with Crippen LogP contribution in [-0.2, 0) is 0 Å². The van der Waals surface area contributed by atoms with Gasteiger partial charge in [0.1, 0.15) is 0 Å². The van der Waals surface area contributed by atoms with Crippen LogP contribution in [0, 0.1) is 0 Å². The lowest BCUT2D eigenvalue weighted by Gasteiger charge is -2.01. The van der Waals surface area contributed by atoms with Gasteiger partial charge in [-0.3, -0.25) is 0 Å². The molecule has 0 unspecified atom stereocenters. The molecule has 0 amide bonds. The molecule has 0 saturated heterocycles. The van der Waals surface area contributed by atoms with Crippen molar-refractivity contribution >= 4 is 11.9 Å². The maximum Gasteiger partial charge on any atom is 0.335 e. The third-order valence-corrected chi connectivity index (χ3v) is 4.48. The molecular formula is C26H22O5. The maximum absolute atomic E-state index is 10.6. The van der Waals surface area contributed by atoms with Gasteiger partial charge in [-0.1, -0.05) is 84.9 Å². The lowest BCUT2D eigenvalue weighted by molar-refractivity contribution is 0.0686. The average molecular weight is 414 g/mol. The number of rotatable bonds is 4. The van der Waals surface area contributed by atoms with Gasteiger partial charge in [-0.25, -0.2) is 9.59 Å². The molecule has 156 valence electrons. The van der Waals surface area contributed by atoms with Gasteiger partial charge in [0.05, 0.1) is 11.1 Å². The first kappa shape index (κ1) is 23.1. The lowest BCUT2D eigenvalue weighted by atomic mass is 10.0. The van der Waals surface area contributed by atoms with Crippen LogP contribution in [0.5, 0.6) is 0 Å². The molecule has 4 rings (SSSR count). The summed E-state index contributed by atoms with van der Waals surface area (Å²) < 4.78 is 0. The fraction of sp³-hybridized carbons (Fsp3) is 0. The normalized spacial score (nSPS) is 9.55. The first-order chi connectivity index (χ1) is 14.5. The van der Waals surface area contributed by atoms with Crippen molar-refractivity contribution in [1.29, 1.82) is 0 Å². The molecule has 0 bridgehead atoms. The van der Waals surface area contributed by atoms with Gasteiger partial charge in [0.25, 0.3) is 0 Å². The van der Waals surface area contributed by atoms with Gasteiger partial charge in [-0.05, 0) is 46.5 Å². The summed E-state index contributed by atoms with van der Waals surface area (Å²) in [6.45, 7) is 0. The second kappa shape index (κ2) is 11.1. The smallest absolute Gasteiger partial charge is 0.335 e. The SMILES string of the molecule is O.O=C(O)c1ccc(-c2ccccc2)cc1.O=C(O)c1ccc(-c2ccccc2)cc1. The molecule has 0 heterocycles. The zero-order chi connectivity index (χ0) is 21.3. The standard InChI is InChI=1S/2C13H10O2.H2O/c2*14-13(15)12-8-6-11(7-9-12)10-4-2-1-3-5-10;/h2*1-9H,(H,14,15);1H2. The average Bonchev–Trinajstić information content (AvgIpc) is 2.81. The van der Waals surface area contributed by atoms with Crippen molar-refractivity contribution in [3.05, 3.63) is 120 Å². The monoisotopic (exact) mass is 414 g/mol. The largest absolute Gasteiger partial charge is 0.478 e. The molecule has 5 nitrogen and oxygen atoms in total. The lowest BCUT2D eigenvalue weighted by Crippen LogP contribution is -1.94. The quantitative estimate of drug-likeness (QED) is 0.474. The minimum atomic E-state index is -0.894. The van der Waals surface area contributed by atoms with Gasteiger partial charge in [-0.2, -0.15) is 0 Å². The van der Waals surface area contributed by atoms with Crippen LogP contribution in [0.4, 0.5) is 0 Å². The Kier molecular flexibility index (Phi) is 8.25. The number of carboxylic acids is 2. The van der Waals surface area contributed by atoms with Crippen molar-refractivity contribution in [3.63, 3.8) is 0 Å². The van der Waals surface area contributed by atoms with E-state index in [2.05, 4.69) is 0 Å². The third-order valence-electron chi connectivity index (χ3n) is 4.48. The highest BCUT2D eigenvalue weighted by Crippen LogP contribution is 2.20. The van der Waals surface area contributed by atoms with Crippen LogP contribution < -0.4 is 0 Å². The van der Waals surface area contributed by atoms with Crippen molar-refractivity contribution in [2.75, 3.05) is 0 Å². The van der Waals surface area contributed by atoms with Gasteiger partial charge in [0.2, 0.25) is 0 Å². The van der Waals surface area contributed by atoms with Crippen LogP contribution in [-0.4, -0.2) is 27.6 Å². The highest BCUT2D eigenvalue weighted by molar-refractivity contribution is 5.88. The van der Waals surface area contributed by atoms with E-state index < -0.39 is 11.9 Å². The molecule has 5 heteroatoms. The van der Waals surface area contributed by atoms with Crippen molar-refractivity contribution < 1.29 is 25.3 Å². The fourth-order valence-corrected chi connectivity index (χ4v) is 2.87. The molecule has 0 aromatic heterocycles. The predicted molar refractivity (Wildman–Crippen MR) is 121 cm³/mol. The van der Waals surface area contributed by atoms with Crippen molar-refractivity contribution in [3.8, 4) is 22.3 Å². The third kappa shape index (κ3) is 6.39. The van der Waals surface area contributed by atoms with Gasteiger partial charge >= 0.3 is 11.9 Å². The highest BCUT2D eigenvalue weighted by atomic mass is 16.4. The molecule has 31 heavy (non-hydrogen) atoms. The summed E-state index contributed by atoms with van der Waals surface area (Å²) in [6.07, 6.45) is 0. The minimum absolute atomic E-state index is 0. The topological polar surface area (TPSA) is 106 Å². The van der Waals surface area contributed by atoms with Crippen LogP contribution in [0.1, 0.15) is 20.7 Å². The zero-order valence-electron chi connectivity index (χ0n) is 16.6. The maximum atomic E-state index is 10.6. The molecular weight excluding hydrogens is 392 g/mol. The molecule has 0 radical (unpaired) electrons. The molecule has 0 aliphatic heterocycles. The summed E-state index contributed by atoms with van der Waals surface area (Å²) in [5.41, 5.74) is 4.87. The molecule has 0 aliphatic rings. The van der Waals surface area contributed by atoms with Gasteiger partial charge in [-0.15, -0.1) is 0 Å². The molecule has 0 saturated carbocycles. The van der Waals surface area contributed by atoms with E-state index in [1.165, 1.54) is 0 Å². The van der Waals surface area contributed by atoms with E-state index >= 15 is 0 Å². The van der Waals surface area contributed by atoms with E-state index in [1.54, 1.807) is 24.3 Å². The molecule has 0 aliphatic carbocycles. The molecule has 4 N–H and O–H groups in total. The molecule has 0 fully saturated rings. The van der Waals surface area contributed by atoms with Gasteiger partial charge in [0, 0.05) is 0 Å². The number of benzene rings is 4. The van der Waals surface area contributed by atoms with Gasteiger partial charge < -0.3 is 15.7 Å². The summed E-state index contributed by atoms with van der Waals surface area (Å²) >= 11 is 0. The Morgan fingerprint density at radius 3 is 0.935 bits per heavy atom. The number of hydrogen-bond donors (Lipinski definition) is 2. The van der Waals surface area contributed by atoms with Gasteiger partial charge in [0.15, 0.2) is 0 Å². The van der Waals surface area contributed by atoms with Crippen LogP contribution in [0.15, 0.2) is 109 Å². The number of hydrogen-bond acceptors (Lipinski definition) is 2. The van der Waals surface area contributed by atoms with Crippen LogP contribution in [0.2, 0.25) is 0 Å². The number of carboxylic acid groups (broad SMARTS) is 2. The Bertz CT molecular complexity index is 1010. The van der Waals surface area contributed by atoms with E-state index in [0.717, 1.165) is 22.3 Å². The van der Waals surface area contributed by atoms with E-state index in [-0.39, 0.29) is 5.48 Å². The zero-order valence-corrected chi connectivity index (χ0v) is 16.6. The second-order valence-corrected chi connectivity index (χ2v) is 6.50. The summed E-state index contributed by atoms with van der Waals surface area (Å²) in [5.74, 6) is -1.79. The molecule has 0 spiro atoms. The Balaban J connectivity index is 0.000000213. The summed E-state index contributed by atoms with van der Waals surface area (Å²) in [7, 11) is 0. The predicted octanol–water partition coefficient (Wildman–Crippen LogP) is 5.28. The summed E-state index contributed by atoms with van der Waals surface area (Å²) in [6, 6.07) is 33.5. The summed E-state index contributed by atoms with van der Waals surface area (Å²) in [4.78, 5) is 21.3. The van der Waals surface area contributed by atoms with Crippen molar-refractivity contribution in [2.45, 2.75) is 0 Å². The van der Waals surface area contributed by atoms with Crippen LogP contribution >= 0.6 is 0 Å². The number of carbonyl (C=O) groups is 2. The first-order valence-electron chi connectivity index (χ1n) is 9.32. The molecule has 0 atom stereocenters. The van der Waals surface area contributed by atoms with Crippen molar-refractivity contribution in [1.82, 2.24) is 0 Å². The fourth-order valence-electron chi connectivity index (χ4n) is 2.87. The molecule has 4 aromatic rings. The Morgan fingerprint density at radius 1 is 0.419 bits per heavy atom. The Morgan fingerprint density at radius 2 is 0.677 bits per heavy atom. The van der Waals surface area contributed by atoms with E-state index in [9.17, 15) is 9.59 Å². The van der Waals surface area contributed by atoms with E-state index in [4.69, 9.17) is 10.2 Å². The minimum Gasteiger partial charge on any atom is -0.478 e. The first-order valence-corrected chi connectivity index (χ1v) is 9.32. The second-order valence-electron chi connectivity index (χ2n) is 6.50. The van der Waals surface area contributed by atoms with Crippen LogP contribution in [0.3, 0.4) is 0 Å². The summed E-state index contributed by atoms with van der Waals surface area (Å²) in [5, 5.41) is 17.5. The van der Waals surface area contributed by atoms with Crippen LogP contribution in [0.25, 0.3) is 22.3 Å². The number of aromatic carboxylic acids is 2. The Hall–Kier alpha value is -4.22. The highest BCUT2D eigenvalue weighted by Gasteiger charge is 2.03. The van der Waals surface area contributed by atoms with E-state index in [1.807, 2.05) is 84.9 Å². The van der Waals surface area contributed by atoms with E-state index in [0.29, 0.717) is 11.1 Å². The van der Waals surface area contributed by atoms with Crippen molar-refractivity contribution in [2.24, 2.45) is 0 Å².